The van der Waals surface area contributed by atoms with E-state index in [1.807, 2.05) is 0 Å². The van der Waals surface area contributed by atoms with E-state index in [0.717, 1.165) is 25.7 Å². The van der Waals surface area contributed by atoms with Gasteiger partial charge in [-0.1, -0.05) is 24.4 Å². The van der Waals surface area contributed by atoms with E-state index in [4.69, 9.17) is 10.3 Å². The van der Waals surface area contributed by atoms with Crippen molar-refractivity contribution in [3.63, 3.8) is 0 Å². The highest BCUT2D eigenvalue weighted by Crippen LogP contribution is 2.27. The molecule has 0 spiro atoms. The summed E-state index contributed by atoms with van der Waals surface area (Å²) in [6.07, 6.45) is 5.59. The second kappa shape index (κ2) is 6.24. The lowest BCUT2D eigenvalue weighted by Gasteiger charge is -2.29. The smallest absolute Gasteiger partial charge is 0.246 e. The summed E-state index contributed by atoms with van der Waals surface area (Å²) in [5, 5.41) is 3.70. The van der Waals surface area contributed by atoms with Crippen molar-refractivity contribution in [2.45, 2.75) is 56.9 Å². The predicted molar refractivity (Wildman–Crippen MR) is 75.7 cm³/mol. The van der Waals surface area contributed by atoms with Crippen LogP contribution >= 0.6 is 0 Å². The molecule has 20 heavy (non-hydrogen) atoms. The van der Waals surface area contributed by atoms with Gasteiger partial charge in [0, 0.05) is 12.6 Å². The van der Waals surface area contributed by atoms with Crippen LogP contribution in [0.25, 0.3) is 0 Å². The Morgan fingerprint density at radius 1 is 1.35 bits per heavy atom. The summed E-state index contributed by atoms with van der Waals surface area (Å²) in [6.45, 7) is 3.54. The molecule has 6 nitrogen and oxygen atoms in total. The summed E-state index contributed by atoms with van der Waals surface area (Å²) in [5.41, 5.74) is 6.16. The maximum Gasteiger partial charge on any atom is 0.246 e. The Balaban J connectivity index is 2.17. The van der Waals surface area contributed by atoms with E-state index in [9.17, 15) is 8.42 Å². The van der Waals surface area contributed by atoms with Gasteiger partial charge in [0.15, 0.2) is 5.76 Å². The molecule has 0 aromatic carbocycles. The van der Waals surface area contributed by atoms with Crippen LogP contribution in [-0.4, -0.2) is 26.2 Å². The van der Waals surface area contributed by atoms with E-state index < -0.39 is 10.0 Å². The molecule has 1 aliphatic rings. The number of aryl methyl sites for hydroxylation is 2. The molecule has 114 valence electrons. The summed E-state index contributed by atoms with van der Waals surface area (Å²) in [7, 11) is -3.63. The lowest BCUT2D eigenvalue weighted by molar-refractivity contribution is 0.294. The molecular formula is C13H23N3O3S. The molecule has 1 aliphatic carbocycles. The van der Waals surface area contributed by atoms with Gasteiger partial charge in [0.2, 0.25) is 10.0 Å². The van der Waals surface area contributed by atoms with Crippen LogP contribution in [0.4, 0.5) is 0 Å². The van der Waals surface area contributed by atoms with Crippen LogP contribution in [-0.2, 0) is 10.0 Å². The highest BCUT2D eigenvalue weighted by Gasteiger charge is 2.30. The maximum absolute atomic E-state index is 12.5. The number of nitrogens with one attached hydrogen (secondary N) is 1. The van der Waals surface area contributed by atoms with Crippen molar-refractivity contribution in [1.29, 1.82) is 0 Å². The number of hydrogen-bond acceptors (Lipinski definition) is 5. The Morgan fingerprint density at radius 3 is 2.50 bits per heavy atom. The monoisotopic (exact) mass is 301 g/mol. The van der Waals surface area contributed by atoms with Gasteiger partial charge in [-0.2, -0.15) is 0 Å². The molecule has 0 radical (unpaired) electrons. The first-order valence-corrected chi connectivity index (χ1v) is 8.59. The van der Waals surface area contributed by atoms with Crippen molar-refractivity contribution in [1.82, 2.24) is 9.88 Å². The normalized spacial score (nSPS) is 19.1. The van der Waals surface area contributed by atoms with E-state index >= 15 is 0 Å². The van der Waals surface area contributed by atoms with Crippen LogP contribution in [0.5, 0.6) is 0 Å². The van der Waals surface area contributed by atoms with Gasteiger partial charge in [-0.3, -0.25) is 0 Å². The molecule has 0 saturated heterocycles. The second-order valence-electron chi connectivity index (χ2n) is 5.51. The molecule has 7 heteroatoms. The van der Waals surface area contributed by atoms with E-state index in [0.29, 0.717) is 23.9 Å². The maximum atomic E-state index is 12.5. The average molecular weight is 301 g/mol. The minimum absolute atomic E-state index is 0.145. The zero-order valence-corrected chi connectivity index (χ0v) is 12.9. The molecule has 0 amide bonds. The van der Waals surface area contributed by atoms with Crippen molar-refractivity contribution in [2.24, 2.45) is 11.7 Å². The van der Waals surface area contributed by atoms with Gasteiger partial charge < -0.3 is 10.3 Å². The number of rotatable bonds is 5. The quantitative estimate of drug-likeness (QED) is 0.858. The summed E-state index contributed by atoms with van der Waals surface area (Å²) in [6, 6.07) is -0.214. The molecule has 2 rings (SSSR count). The SMILES string of the molecule is Cc1noc(C)c1S(=O)(=O)NC(CN)C1CCCCC1. The number of sulfonamides is 1. The van der Waals surface area contributed by atoms with Crippen LogP contribution in [0.1, 0.15) is 43.6 Å². The predicted octanol–water partition coefficient (Wildman–Crippen LogP) is 1.48. The van der Waals surface area contributed by atoms with Gasteiger partial charge in [-0.25, -0.2) is 13.1 Å². The van der Waals surface area contributed by atoms with Crippen molar-refractivity contribution in [3.05, 3.63) is 11.5 Å². The van der Waals surface area contributed by atoms with E-state index in [1.54, 1.807) is 13.8 Å². The molecule has 3 N–H and O–H groups in total. The average Bonchev–Trinajstić information content (AvgIpc) is 2.77. The van der Waals surface area contributed by atoms with Crippen molar-refractivity contribution < 1.29 is 12.9 Å². The largest absolute Gasteiger partial charge is 0.360 e. The molecule has 0 aliphatic heterocycles. The van der Waals surface area contributed by atoms with Crippen molar-refractivity contribution >= 4 is 10.0 Å². The standard InChI is InChI=1S/C13H23N3O3S/c1-9-13(10(2)19-15-9)20(17,18)16-12(8-14)11-6-4-3-5-7-11/h11-12,16H,3-8,14H2,1-2H3. The van der Waals surface area contributed by atoms with Gasteiger partial charge in [0.05, 0.1) is 0 Å². The topological polar surface area (TPSA) is 98.2 Å². The first-order valence-electron chi connectivity index (χ1n) is 7.11. The Kier molecular flexibility index (Phi) is 4.82. The molecule has 1 heterocycles. The van der Waals surface area contributed by atoms with Gasteiger partial charge in [-0.05, 0) is 32.6 Å². The van der Waals surface area contributed by atoms with Gasteiger partial charge in [-0.15, -0.1) is 0 Å². The lowest BCUT2D eigenvalue weighted by Crippen LogP contribution is -2.46. The fourth-order valence-electron chi connectivity index (χ4n) is 2.99. The van der Waals surface area contributed by atoms with E-state index in [1.165, 1.54) is 6.42 Å². The minimum atomic E-state index is -3.63. The summed E-state index contributed by atoms with van der Waals surface area (Å²) in [5.74, 6) is 0.637. The van der Waals surface area contributed by atoms with Gasteiger partial charge in [0.1, 0.15) is 10.6 Å². The van der Waals surface area contributed by atoms with Crippen LogP contribution in [0.15, 0.2) is 9.42 Å². The molecule has 1 atom stereocenters. The third kappa shape index (κ3) is 3.21. The Labute approximate surface area is 120 Å². The van der Waals surface area contributed by atoms with Crippen molar-refractivity contribution in [3.8, 4) is 0 Å². The molecular weight excluding hydrogens is 278 g/mol. The molecule has 1 fully saturated rings. The summed E-state index contributed by atoms with van der Waals surface area (Å²) >= 11 is 0. The van der Waals surface area contributed by atoms with Crippen LogP contribution in [0, 0.1) is 19.8 Å². The number of hydrogen-bond donors (Lipinski definition) is 2. The summed E-state index contributed by atoms with van der Waals surface area (Å²) < 4.78 is 32.6. The highest BCUT2D eigenvalue weighted by atomic mass is 32.2. The molecule has 1 saturated carbocycles. The van der Waals surface area contributed by atoms with Crippen LogP contribution < -0.4 is 10.5 Å². The lowest BCUT2D eigenvalue weighted by atomic mass is 9.84. The molecule has 1 unspecified atom stereocenters. The molecule has 1 aromatic heterocycles. The fourth-order valence-corrected chi connectivity index (χ4v) is 4.64. The number of nitrogens with zero attached hydrogens (tertiary/aromatic N) is 1. The Bertz CT molecular complexity index is 528. The van der Waals surface area contributed by atoms with Crippen LogP contribution in [0.3, 0.4) is 0 Å². The van der Waals surface area contributed by atoms with Gasteiger partial charge in [0.25, 0.3) is 0 Å². The summed E-state index contributed by atoms with van der Waals surface area (Å²) in [4.78, 5) is 0.145. The second-order valence-corrected chi connectivity index (χ2v) is 7.17. The minimum Gasteiger partial charge on any atom is -0.360 e. The first kappa shape index (κ1) is 15.5. The Morgan fingerprint density at radius 2 is 2.00 bits per heavy atom. The zero-order valence-electron chi connectivity index (χ0n) is 12.1. The highest BCUT2D eigenvalue weighted by molar-refractivity contribution is 7.89. The third-order valence-electron chi connectivity index (χ3n) is 4.02. The molecule has 1 aromatic rings. The van der Waals surface area contributed by atoms with Gasteiger partial charge >= 0.3 is 0 Å². The number of aromatic nitrogens is 1. The van der Waals surface area contributed by atoms with Crippen molar-refractivity contribution in [2.75, 3.05) is 6.54 Å². The number of nitrogens with two attached hydrogens (primary N) is 1. The fraction of sp³-hybridized carbons (Fsp3) is 0.769. The first-order chi connectivity index (χ1) is 9.45. The molecule has 0 bridgehead atoms. The Hall–Kier alpha value is -0.920. The zero-order chi connectivity index (χ0) is 14.8. The third-order valence-corrected chi connectivity index (χ3v) is 5.75. The van der Waals surface area contributed by atoms with Crippen LogP contribution in [0.2, 0.25) is 0 Å². The van der Waals surface area contributed by atoms with E-state index in [2.05, 4.69) is 9.88 Å². The van der Waals surface area contributed by atoms with E-state index in [-0.39, 0.29) is 10.9 Å².